The Labute approximate surface area is 351 Å². The summed E-state index contributed by atoms with van der Waals surface area (Å²) in [4.78, 5) is 9.94. The molecule has 4 nitrogen and oxygen atoms in total. The van der Waals surface area contributed by atoms with Gasteiger partial charge in [-0.25, -0.2) is 0 Å². The molecule has 9 aromatic rings. The van der Waals surface area contributed by atoms with Crippen LogP contribution < -0.4 is 5.19 Å². The van der Waals surface area contributed by atoms with E-state index in [4.69, 9.17) is 9.40 Å². The number of para-hydroxylation sites is 1. The third kappa shape index (κ3) is 8.05. The van der Waals surface area contributed by atoms with Crippen LogP contribution in [0.4, 0.5) is 0 Å². The van der Waals surface area contributed by atoms with Crippen LogP contribution in [0.5, 0.6) is 0 Å². The molecular weight excluding hydrogens is 891 g/mol. The molecule has 0 N–H and O–H groups in total. The fraction of sp³-hybridized carbons (Fsp3) is 0.216. The third-order valence-corrected chi connectivity index (χ3v) is 12.6. The molecule has 0 unspecified atom stereocenters. The van der Waals surface area contributed by atoms with Crippen LogP contribution in [0, 0.1) is 18.1 Å². The molecule has 0 aliphatic rings. The van der Waals surface area contributed by atoms with Gasteiger partial charge in [0, 0.05) is 42.8 Å². The summed E-state index contributed by atoms with van der Waals surface area (Å²) >= 11 is 0. The predicted molar refractivity (Wildman–Crippen MR) is 239 cm³/mol. The summed E-state index contributed by atoms with van der Waals surface area (Å²) in [6, 6.07) is 50.9. The van der Waals surface area contributed by atoms with E-state index in [0.717, 1.165) is 73.1 Å². The number of fused-ring (bicyclic) bond motifs is 6. The average Bonchev–Trinajstić information content (AvgIpc) is 3.77. The number of nitrogens with zero attached hydrogens (tertiary/aromatic N) is 3. The van der Waals surface area contributed by atoms with Crippen LogP contribution in [0.1, 0.15) is 45.7 Å². The van der Waals surface area contributed by atoms with Gasteiger partial charge in [-0.05, 0) is 63.8 Å². The standard InChI is InChI=1S/C33H25N2O.C18H24NSi.Ir/c1-33(2,3)22-16-18-23(19-17-22)35-28-20-15-21-9-4-5-10-24(21)30(28)34-32(35)27-13-8-12-26-25-11-6-7-14-29(25)36-31(26)27;1-14(2)11-16-12-17(15-9-7-6-8-10-15)19-13-18(16)20(3,4)5;/h4-12,14-20H,1-3H3;6-9,12-14H,11H2,1-5H3;/q2*-1;. The quantitative estimate of drug-likeness (QED) is 0.123. The number of pyridine rings is 1. The smallest absolute Gasteiger partial charge is 0.120 e. The van der Waals surface area contributed by atoms with E-state index < -0.39 is 8.07 Å². The zero-order valence-corrected chi connectivity index (χ0v) is 37.5. The molecule has 0 aliphatic heterocycles. The van der Waals surface area contributed by atoms with Gasteiger partial charge in [-0.15, -0.1) is 54.1 Å². The van der Waals surface area contributed by atoms with Crippen molar-refractivity contribution in [3.63, 3.8) is 0 Å². The first-order valence-corrected chi connectivity index (χ1v) is 23.2. The maximum atomic E-state index is 6.39. The van der Waals surface area contributed by atoms with Crippen molar-refractivity contribution in [2.75, 3.05) is 0 Å². The molecule has 0 fully saturated rings. The van der Waals surface area contributed by atoms with E-state index in [1.807, 2.05) is 42.5 Å². The Morgan fingerprint density at radius 1 is 0.754 bits per heavy atom. The van der Waals surface area contributed by atoms with Gasteiger partial charge in [0.15, 0.2) is 0 Å². The molecule has 0 bridgehead atoms. The van der Waals surface area contributed by atoms with Crippen LogP contribution in [-0.4, -0.2) is 22.6 Å². The van der Waals surface area contributed by atoms with E-state index in [2.05, 4.69) is 167 Å². The Kier molecular flexibility index (Phi) is 11.3. The Bertz CT molecular complexity index is 2820. The molecule has 9 rings (SSSR count). The third-order valence-electron chi connectivity index (χ3n) is 10.5. The number of imidazole rings is 1. The second-order valence-corrected chi connectivity index (χ2v) is 22.3. The predicted octanol–water partition coefficient (Wildman–Crippen LogP) is 13.1. The molecule has 57 heavy (non-hydrogen) atoms. The maximum Gasteiger partial charge on any atom is 0.120 e. The molecule has 3 aromatic heterocycles. The van der Waals surface area contributed by atoms with Gasteiger partial charge in [-0.2, -0.15) is 0 Å². The molecule has 0 saturated heterocycles. The van der Waals surface area contributed by atoms with Crippen molar-refractivity contribution < 1.29 is 24.5 Å². The van der Waals surface area contributed by atoms with E-state index >= 15 is 0 Å². The van der Waals surface area contributed by atoms with E-state index in [0.29, 0.717) is 5.92 Å². The van der Waals surface area contributed by atoms with E-state index in [1.165, 1.54) is 21.7 Å². The van der Waals surface area contributed by atoms with Crippen LogP contribution in [0.3, 0.4) is 0 Å². The first-order valence-electron chi connectivity index (χ1n) is 19.7. The summed E-state index contributed by atoms with van der Waals surface area (Å²) in [7, 11) is -1.34. The van der Waals surface area contributed by atoms with Gasteiger partial charge < -0.3 is 14.0 Å². The van der Waals surface area contributed by atoms with Crippen LogP contribution in [-0.2, 0) is 31.9 Å². The van der Waals surface area contributed by atoms with E-state index in [1.54, 1.807) is 0 Å². The summed E-state index contributed by atoms with van der Waals surface area (Å²) in [6.45, 7) is 18.5. The van der Waals surface area contributed by atoms with E-state index in [9.17, 15) is 0 Å². The summed E-state index contributed by atoms with van der Waals surface area (Å²) < 4.78 is 8.63. The minimum atomic E-state index is -1.34. The average molecular weight is 940 g/mol. The van der Waals surface area contributed by atoms with Crippen LogP contribution in [0.2, 0.25) is 19.6 Å². The minimum absolute atomic E-state index is 0. The topological polar surface area (TPSA) is 43.9 Å². The molecule has 1 radical (unpaired) electrons. The summed E-state index contributed by atoms with van der Waals surface area (Å²) in [6.07, 6.45) is 3.24. The largest absolute Gasteiger partial charge is 0.501 e. The molecule has 0 saturated carbocycles. The zero-order valence-electron chi connectivity index (χ0n) is 34.1. The van der Waals surface area contributed by atoms with Crippen molar-refractivity contribution in [3.05, 3.63) is 157 Å². The normalized spacial score (nSPS) is 11.9. The Morgan fingerprint density at radius 3 is 2.18 bits per heavy atom. The molecule has 0 aliphatic carbocycles. The summed E-state index contributed by atoms with van der Waals surface area (Å²) in [5.41, 5.74) is 10.6. The van der Waals surface area contributed by atoms with Crippen LogP contribution >= 0.6 is 0 Å². The van der Waals surface area contributed by atoms with Crippen molar-refractivity contribution in [1.82, 2.24) is 14.5 Å². The molecular formula is C51H49IrN3OSi-2. The van der Waals surface area contributed by atoms with Gasteiger partial charge in [0.25, 0.3) is 0 Å². The zero-order chi connectivity index (χ0) is 39.2. The Balaban J connectivity index is 0.000000202. The number of aromatic nitrogens is 3. The van der Waals surface area contributed by atoms with E-state index in [-0.39, 0.29) is 25.5 Å². The fourth-order valence-electron chi connectivity index (χ4n) is 7.69. The Morgan fingerprint density at radius 2 is 1.47 bits per heavy atom. The summed E-state index contributed by atoms with van der Waals surface area (Å²) in [5.74, 6) is 1.50. The molecule has 6 heteroatoms. The number of hydrogen-bond acceptors (Lipinski definition) is 3. The molecule has 3 heterocycles. The second kappa shape index (κ2) is 16.0. The van der Waals surface area contributed by atoms with Gasteiger partial charge in [0.1, 0.15) is 5.58 Å². The number of benzene rings is 6. The van der Waals surface area contributed by atoms with Crippen molar-refractivity contribution in [3.8, 4) is 28.3 Å². The minimum Gasteiger partial charge on any atom is -0.501 e. The van der Waals surface area contributed by atoms with Crippen molar-refractivity contribution in [2.24, 2.45) is 5.92 Å². The van der Waals surface area contributed by atoms with Gasteiger partial charge >= 0.3 is 0 Å². The molecule has 289 valence electrons. The van der Waals surface area contributed by atoms with Crippen molar-refractivity contribution >= 4 is 57.0 Å². The summed E-state index contributed by atoms with van der Waals surface area (Å²) in [5, 5.41) is 5.98. The number of rotatable bonds is 6. The SMILES string of the molecule is CC(C)(C)c1ccc(-n2c(-c3[c-]ccc4c3oc3ccccc34)nc3c4ccccc4ccc32)cc1.CC(C)Cc1cc(-c2[c-]cccc2)ncc1[Si](C)(C)C.[Ir]. The second-order valence-electron chi connectivity index (χ2n) is 17.3. The first-order chi connectivity index (χ1) is 26.9. The van der Waals surface area contributed by atoms with Gasteiger partial charge in [-0.3, -0.25) is 4.98 Å². The van der Waals surface area contributed by atoms with Gasteiger partial charge in [0.05, 0.1) is 30.5 Å². The molecule has 6 aromatic carbocycles. The first kappa shape index (κ1) is 40.1. The maximum absolute atomic E-state index is 6.39. The van der Waals surface area contributed by atoms with Crippen LogP contribution in [0.25, 0.3) is 72.1 Å². The van der Waals surface area contributed by atoms with Gasteiger partial charge in [0.2, 0.25) is 0 Å². The molecule has 0 spiro atoms. The number of hydrogen-bond donors (Lipinski definition) is 0. The van der Waals surface area contributed by atoms with Gasteiger partial charge in [-0.1, -0.05) is 138 Å². The molecule has 0 atom stereocenters. The fourth-order valence-corrected chi connectivity index (χ4v) is 9.28. The van der Waals surface area contributed by atoms with Crippen molar-refractivity contribution in [1.29, 1.82) is 0 Å². The Hall–Kier alpha value is -5.13. The van der Waals surface area contributed by atoms with Crippen LogP contribution in [0.15, 0.2) is 138 Å². The number of furan rings is 1. The molecule has 0 amide bonds. The monoisotopic (exact) mass is 940 g/mol. The van der Waals surface area contributed by atoms with Crippen molar-refractivity contribution in [2.45, 2.75) is 66.1 Å².